The Morgan fingerprint density at radius 3 is 2.58 bits per heavy atom. The van der Waals surface area contributed by atoms with Crippen LogP contribution in [0.1, 0.15) is 25.1 Å². The summed E-state index contributed by atoms with van der Waals surface area (Å²) in [7, 11) is 0. The van der Waals surface area contributed by atoms with Gasteiger partial charge in [-0.15, -0.1) is 0 Å². The van der Waals surface area contributed by atoms with Crippen LogP contribution in [0.4, 0.5) is 21.5 Å². The van der Waals surface area contributed by atoms with Gasteiger partial charge in [0, 0.05) is 48.3 Å². The van der Waals surface area contributed by atoms with Gasteiger partial charge in [-0.3, -0.25) is 4.98 Å². The number of benzene rings is 1. The third kappa shape index (κ3) is 3.83. The molecule has 8 heteroatoms. The maximum atomic E-state index is 14.3. The van der Waals surface area contributed by atoms with Crippen molar-refractivity contribution in [1.29, 1.82) is 0 Å². The summed E-state index contributed by atoms with van der Waals surface area (Å²) in [5.74, 6) is -0.306. The van der Waals surface area contributed by atoms with E-state index in [0.29, 0.717) is 18.7 Å². The monoisotopic (exact) mass is 547 g/mol. The Morgan fingerprint density at radius 2 is 1.83 bits per heavy atom. The molecule has 6 nitrogen and oxygen atoms in total. The molecule has 6 rings (SSSR count). The number of anilines is 3. The fraction of sp³-hybridized carbons (Fsp3) is 0.321. The molecule has 36 heavy (non-hydrogen) atoms. The SMILES string of the molecule is Cc1c(-c2ccccn2)nc2cc(F)ccc2c1N1CC(C)(C)c2nc(Br)c(N3CCOCC3)cc21. The van der Waals surface area contributed by atoms with Crippen LogP contribution in [0.3, 0.4) is 0 Å². The minimum absolute atomic E-state index is 0.186. The second-order valence-corrected chi connectivity index (χ2v) is 10.8. The largest absolute Gasteiger partial charge is 0.378 e. The number of morpholine rings is 1. The van der Waals surface area contributed by atoms with Gasteiger partial charge in [-0.25, -0.2) is 14.4 Å². The number of halogens is 2. The first-order valence-electron chi connectivity index (χ1n) is 12.2. The number of pyridine rings is 3. The molecule has 1 fully saturated rings. The molecule has 2 aliphatic rings. The van der Waals surface area contributed by atoms with Crippen molar-refractivity contribution in [3.63, 3.8) is 0 Å². The maximum Gasteiger partial charge on any atom is 0.129 e. The van der Waals surface area contributed by atoms with E-state index in [1.54, 1.807) is 6.20 Å². The van der Waals surface area contributed by atoms with Crippen molar-refractivity contribution >= 4 is 43.9 Å². The third-order valence-electron chi connectivity index (χ3n) is 7.11. The number of hydrogen-bond acceptors (Lipinski definition) is 6. The van der Waals surface area contributed by atoms with Gasteiger partial charge in [-0.2, -0.15) is 0 Å². The molecule has 184 valence electrons. The van der Waals surface area contributed by atoms with Crippen LogP contribution in [0.5, 0.6) is 0 Å². The van der Waals surface area contributed by atoms with E-state index in [2.05, 4.69) is 57.6 Å². The molecule has 4 aromatic rings. The summed E-state index contributed by atoms with van der Waals surface area (Å²) in [6, 6.07) is 12.9. The first kappa shape index (κ1) is 23.3. The molecule has 0 bridgehead atoms. The van der Waals surface area contributed by atoms with Crippen LogP contribution < -0.4 is 9.80 Å². The Hall–Kier alpha value is -3.10. The predicted octanol–water partition coefficient (Wildman–Crippen LogP) is 6.17. The molecular formula is C28H27BrFN5O. The van der Waals surface area contributed by atoms with Crippen LogP contribution in [0.2, 0.25) is 0 Å². The Labute approximate surface area is 218 Å². The molecule has 0 atom stereocenters. The summed E-state index contributed by atoms with van der Waals surface area (Å²) in [5.41, 5.74) is 7.14. The summed E-state index contributed by atoms with van der Waals surface area (Å²) in [6.07, 6.45) is 1.76. The zero-order chi connectivity index (χ0) is 25.0. The summed E-state index contributed by atoms with van der Waals surface area (Å²) in [6.45, 7) is 10.3. The molecule has 0 aliphatic carbocycles. The van der Waals surface area contributed by atoms with Crippen LogP contribution in [0.25, 0.3) is 22.3 Å². The normalized spacial score (nSPS) is 17.0. The molecule has 5 heterocycles. The van der Waals surface area contributed by atoms with Crippen molar-refractivity contribution in [1.82, 2.24) is 15.0 Å². The molecular weight excluding hydrogens is 521 g/mol. The van der Waals surface area contributed by atoms with Crippen LogP contribution in [-0.2, 0) is 10.2 Å². The minimum Gasteiger partial charge on any atom is -0.378 e. The Morgan fingerprint density at radius 1 is 1.03 bits per heavy atom. The fourth-order valence-electron chi connectivity index (χ4n) is 5.37. The number of fused-ring (bicyclic) bond motifs is 2. The number of hydrogen-bond donors (Lipinski definition) is 0. The topological polar surface area (TPSA) is 54.4 Å². The third-order valence-corrected chi connectivity index (χ3v) is 7.69. The molecule has 0 saturated carbocycles. The molecule has 0 amide bonds. The Kier molecular flexibility index (Phi) is 5.68. The predicted molar refractivity (Wildman–Crippen MR) is 145 cm³/mol. The van der Waals surface area contributed by atoms with Crippen LogP contribution in [-0.4, -0.2) is 47.8 Å². The van der Waals surface area contributed by atoms with Crippen molar-refractivity contribution in [2.75, 3.05) is 42.6 Å². The lowest BCUT2D eigenvalue weighted by atomic mass is 9.91. The van der Waals surface area contributed by atoms with Crippen molar-refractivity contribution in [3.05, 3.63) is 70.3 Å². The number of rotatable bonds is 3. The lowest BCUT2D eigenvalue weighted by Gasteiger charge is -2.31. The standard InChI is InChI=1S/C28H27BrFN5O/c1-17-24(20-6-4-5-9-31-20)32-21-14-18(30)7-8-19(21)25(17)35-16-28(2,3)26-22(35)15-23(27(29)33-26)34-10-12-36-13-11-34/h4-9,14-15H,10-13,16H2,1-3H3. The highest BCUT2D eigenvalue weighted by atomic mass is 79.9. The van der Waals surface area contributed by atoms with Crippen molar-refractivity contribution in [2.24, 2.45) is 0 Å². The second kappa shape index (κ2) is 8.78. The molecule has 3 aromatic heterocycles. The molecule has 0 unspecified atom stereocenters. The zero-order valence-corrected chi connectivity index (χ0v) is 22.1. The molecule has 0 radical (unpaired) electrons. The molecule has 1 saturated heterocycles. The first-order chi connectivity index (χ1) is 17.3. The summed E-state index contributed by atoms with van der Waals surface area (Å²) < 4.78 is 20.8. The molecule has 0 spiro atoms. The number of ether oxygens (including phenoxy) is 1. The minimum atomic E-state index is -0.306. The Bertz CT molecular complexity index is 1470. The summed E-state index contributed by atoms with van der Waals surface area (Å²) in [4.78, 5) is 19.1. The van der Waals surface area contributed by atoms with Gasteiger partial charge in [0.2, 0.25) is 0 Å². The molecule has 2 aliphatic heterocycles. The fourth-order valence-corrected chi connectivity index (χ4v) is 5.91. The highest BCUT2D eigenvalue weighted by Crippen LogP contribution is 2.49. The van der Waals surface area contributed by atoms with Crippen LogP contribution in [0, 0.1) is 12.7 Å². The lowest BCUT2D eigenvalue weighted by Crippen LogP contribution is -2.36. The van der Waals surface area contributed by atoms with Crippen molar-refractivity contribution in [3.8, 4) is 11.4 Å². The van der Waals surface area contributed by atoms with E-state index in [4.69, 9.17) is 14.7 Å². The van der Waals surface area contributed by atoms with Gasteiger partial charge in [-0.05, 0) is 53.2 Å². The smallest absolute Gasteiger partial charge is 0.129 e. The second-order valence-electron chi connectivity index (χ2n) is 10.0. The van der Waals surface area contributed by atoms with E-state index in [0.717, 1.165) is 69.3 Å². The highest BCUT2D eigenvalue weighted by molar-refractivity contribution is 9.10. The average molecular weight is 548 g/mol. The van der Waals surface area contributed by atoms with Crippen LogP contribution in [0.15, 0.2) is 53.3 Å². The number of aromatic nitrogens is 3. The molecule has 1 aromatic carbocycles. The highest BCUT2D eigenvalue weighted by Gasteiger charge is 2.40. The Balaban J connectivity index is 1.60. The van der Waals surface area contributed by atoms with Crippen LogP contribution >= 0.6 is 15.9 Å². The van der Waals surface area contributed by atoms with Gasteiger partial charge in [0.25, 0.3) is 0 Å². The maximum absolute atomic E-state index is 14.3. The van der Waals surface area contributed by atoms with Gasteiger partial charge in [0.15, 0.2) is 0 Å². The van der Waals surface area contributed by atoms with Gasteiger partial charge >= 0.3 is 0 Å². The van der Waals surface area contributed by atoms with Crippen molar-refractivity contribution in [2.45, 2.75) is 26.2 Å². The van der Waals surface area contributed by atoms with Gasteiger partial charge < -0.3 is 14.5 Å². The van der Waals surface area contributed by atoms with Gasteiger partial charge in [-0.1, -0.05) is 19.9 Å². The zero-order valence-electron chi connectivity index (χ0n) is 20.6. The van der Waals surface area contributed by atoms with Gasteiger partial charge in [0.1, 0.15) is 10.4 Å². The van der Waals surface area contributed by atoms with E-state index in [1.165, 1.54) is 12.1 Å². The lowest BCUT2D eigenvalue weighted by molar-refractivity contribution is 0.122. The average Bonchev–Trinajstić information content (AvgIpc) is 3.13. The first-order valence-corrected chi connectivity index (χ1v) is 13.0. The summed E-state index contributed by atoms with van der Waals surface area (Å²) in [5, 5.41) is 0.910. The van der Waals surface area contributed by atoms with E-state index >= 15 is 0 Å². The van der Waals surface area contributed by atoms with E-state index < -0.39 is 0 Å². The van der Waals surface area contributed by atoms with E-state index in [9.17, 15) is 4.39 Å². The van der Waals surface area contributed by atoms with Gasteiger partial charge in [0.05, 0.1) is 52.9 Å². The van der Waals surface area contributed by atoms with E-state index in [-0.39, 0.29) is 11.2 Å². The summed E-state index contributed by atoms with van der Waals surface area (Å²) >= 11 is 3.75. The van der Waals surface area contributed by atoms with Crippen molar-refractivity contribution < 1.29 is 9.13 Å². The molecule has 0 N–H and O–H groups in total. The van der Waals surface area contributed by atoms with E-state index in [1.807, 2.05) is 24.3 Å². The number of nitrogens with zero attached hydrogens (tertiary/aromatic N) is 5. The quantitative estimate of drug-likeness (QED) is 0.286.